The SMILES string of the molecule is CCOC(=O)c1nnc2c3c(Nc4ccc(C)cc4)nc4ccccc4c3nn2c1C. The highest BCUT2D eigenvalue weighted by molar-refractivity contribution is 6.14. The van der Waals surface area contributed by atoms with Crippen molar-refractivity contribution in [2.24, 2.45) is 0 Å². The molecule has 3 aromatic heterocycles. The molecule has 0 amide bonds. The molecule has 0 aliphatic rings. The van der Waals surface area contributed by atoms with E-state index in [9.17, 15) is 4.79 Å². The van der Waals surface area contributed by atoms with E-state index in [4.69, 9.17) is 14.8 Å². The molecule has 0 saturated heterocycles. The summed E-state index contributed by atoms with van der Waals surface area (Å²) < 4.78 is 6.74. The van der Waals surface area contributed by atoms with Crippen molar-refractivity contribution in [1.82, 2.24) is 24.8 Å². The van der Waals surface area contributed by atoms with Gasteiger partial charge in [0.05, 0.1) is 23.2 Å². The standard InChI is InChI=1S/C23H20N6O2/c1-4-31-23(30)19-14(3)29-22(27-26-19)18-20(28-29)16-7-5-6-8-17(16)25-21(18)24-15-11-9-13(2)10-12-15/h5-12H,4H2,1-3H3,(H,24,25). The molecule has 0 spiro atoms. The number of hydrogen-bond donors (Lipinski definition) is 1. The minimum Gasteiger partial charge on any atom is -0.461 e. The number of benzene rings is 2. The van der Waals surface area contributed by atoms with Crippen molar-refractivity contribution in [2.45, 2.75) is 20.8 Å². The van der Waals surface area contributed by atoms with Gasteiger partial charge in [0.15, 0.2) is 11.3 Å². The fourth-order valence-electron chi connectivity index (χ4n) is 3.61. The van der Waals surface area contributed by atoms with E-state index in [1.807, 2.05) is 55.5 Å². The number of aromatic nitrogens is 5. The van der Waals surface area contributed by atoms with Crippen LogP contribution in [-0.2, 0) is 4.74 Å². The van der Waals surface area contributed by atoms with Crippen LogP contribution in [0.1, 0.15) is 28.7 Å². The molecule has 0 bridgehead atoms. The van der Waals surface area contributed by atoms with Crippen molar-refractivity contribution in [3.05, 3.63) is 65.5 Å². The molecule has 3 heterocycles. The van der Waals surface area contributed by atoms with Crippen LogP contribution in [0.4, 0.5) is 11.5 Å². The zero-order chi connectivity index (χ0) is 21.5. The largest absolute Gasteiger partial charge is 0.461 e. The summed E-state index contributed by atoms with van der Waals surface area (Å²) in [5, 5.41) is 18.3. The number of carbonyl (C=O) groups excluding carboxylic acids is 1. The third-order valence-electron chi connectivity index (χ3n) is 5.18. The lowest BCUT2D eigenvalue weighted by Gasteiger charge is -2.09. The first kappa shape index (κ1) is 18.9. The van der Waals surface area contributed by atoms with E-state index in [2.05, 4.69) is 15.5 Å². The van der Waals surface area contributed by atoms with Gasteiger partial charge in [-0.05, 0) is 39.0 Å². The summed E-state index contributed by atoms with van der Waals surface area (Å²) in [5.74, 6) is 0.111. The number of aryl methyl sites for hydroxylation is 2. The van der Waals surface area contributed by atoms with Crippen LogP contribution in [0.5, 0.6) is 0 Å². The number of pyridine rings is 1. The molecule has 0 fully saturated rings. The molecule has 0 saturated carbocycles. The van der Waals surface area contributed by atoms with E-state index in [1.54, 1.807) is 18.4 Å². The van der Waals surface area contributed by atoms with Gasteiger partial charge in [0.1, 0.15) is 11.3 Å². The topological polar surface area (TPSA) is 94.3 Å². The Hall–Kier alpha value is -4.07. The number of nitrogens with zero attached hydrogens (tertiary/aromatic N) is 5. The number of esters is 1. The number of carbonyl (C=O) groups is 1. The number of anilines is 2. The van der Waals surface area contributed by atoms with E-state index in [0.29, 0.717) is 17.2 Å². The lowest BCUT2D eigenvalue weighted by atomic mass is 10.1. The van der Waals surface area contributed by atoms with Crippen molar-refractivity contribution in [1.29, 1.82) is 0 Å². The number of nitrogens with one attached hydrogen (secondary N) is 1. The predicted octanol–water partition coefficient (Wildman–Crippen LogP) is 4.36. The van der Waals surface area contributed by atoms with Crippen molar-refractivity contribution < 1.29 is 9.53 Å². The normalized spacial score (nSPS) is 11.3. The van der Waals surface area contributed by atoms with Crippen LogP contribution in [0.15, 0.2) is 48.5 Å². The molecule has 2 aromatic carbocycles. The highest BCUT2D eigenvalue weighted by Crippen LogP contribution is 2.33. The number of fused-ring (bicyclic) bond motifs is 5. The molecule has 154 valence electrons. The number of ether oxygens (including phenoxy) is 1. The summed E-state index contributed by atoms with van der Waals surface area (Å²) in [6.45, 7) is 5.84. The second-order valence-corrected chi connectivity index (χ2v) is 7.28. The maximum Gasteiger partial charge on any atom is 0.360 e. The zero-order valence-corrected chi connectivity index (χ0v) is 17.4. The van der Waals surface area contributed by atoms with Gasteiger partial charge in [-0.2, -0.15) is 5.10 Å². The lowest BCUT2D eigenvalue weighted by Crippen LogP contribution is -2.14. The number of rotatable bonds is 4. The molecule has 0 aliphatic heterocycles. The lowest BCUT2D eigenvalue weighted by molar-refractivity contribution is 0.0516. The van der Waals surface area contributed by atoms with Crippen LogP contribution in [0.2, 0.25) is 0 Å². The quantitative estimate of drug-likeness (QED) is 0.438. The third kappa shape index (κ3) is 3.13. The van der Waals surface area contributed by atoms with Crippen LogP contribution in [0, 0.1) is 13.8 Å². The van der Waals surface area contributed by atoms with E-state index in [-0.39, 0.29) is 12.3 Å². The Morgan fingerprint density at radius 1 is 1.06 bits per heavy atom. The smallest absolute Gasteiger partial charge is 0.360 e. The molecule has 8 heteroatoms. The van der Waals surface area contributed by atoms with Crippen LogP contribution >= 0.6 is 0 Å². The first-order chi connectivity index (χ1) is 15.1. The Labute approximate surface area is 177 Å². The molecule has 8 nitrogen and oxygen atoms in total. The van der Waals surface area contributed by atoms with Crippen LogP contribution in [0.25, 0.3) is 27.5 Å². The maximum absolute atomic E-state index is 12.3. The Morgan fingerprint density at radius 2 is 1.84 bits per heavy atom. The first-order valence-corrected chi connectivity index (χ1v) is 10.0. The average molecular weight is 412 g/mol. The summed E-state index contributed by atoms with van der Waals surface area (Å²) in [4.78, 5) is 17.1. The van der Waals surface area contributed by atoms with Crippen molar-refractivity contribution in [2.75, 3.05) is 11.9 Å². The minimum absolute atomic E-state index is 0.146. The molecule has 0 unspecified atom stereocenters. The zero-order valence-electron chi connectivity index (χ0n) is 17.4. The molecule has 0 radical (unpaired) electrons. The van der Waals surface area contributed by atoms with E-state index in [0.717, 1.165) is 27.5 Å². The fraction of sp³-hybridized carbons (Fsp3) is 0.174. The average Bonchev–Trinajstić information content (AvgIpc) is 3.17. The van der Waals surface area contributed by atoms with Gasteiger partial charge in [0.25, 0.3) is 0 Å². The van der Waals surface area contributed by atoms with Gasteiger partial charge in [-0.1, -0.05) is 35.9 Å². The predicted molar refractivity (Wildman–Crippen MR) is 119 cm³/mol. The summed E-state index contributed by atoms with van der Waals surface area (Å²) in [6.07, 6.45) is 0. The second kappa shape index (κ2) is 7.32. The fourth-order valence-corrected chi connectivity index (χ4v) is 3.61. The van der Waals surface area contributed by atoms with Gasteiger partial charge in [-0.15, -0.1) is 10.2 Å². The van der Waals surface area contributed by atoms with Crippen LogP contribution in [-0.4, -0.2) is 37.4 Å². The summed E-state index contributed by atoms with van der Waals surface area (Å²) in [7, 11) is 0. The third-order valence-corrected chi connectivity index (χ3v) is 5.18. The van der Waals surface area contributed by atoms with Crippen molar-refractivity contribution >= 4 is 44.9 Å². The van der Waals surface area contributed by atoms with Crippen molar-refractivity contribution in [3.63, 3.8) is 0 Å². The highest BCUT2D eigenvalue weighted by Gasteiger charge is 2.22. The first-order valence-electron chi connectivity index (χ1n) is 10.0. The van der Waals surface area contributed by atoms with Crippen LogP contribution < -0.4 is 5.32 Å². The minimum atomic E-state index is -0.519. The number of hydrogen-bond acceptors (Lipinski definition) is 7. The van der Waals surface area contributed by atoms with E-state index >= 15 is 0 Å². The maximum atomic E-state index is 12.3. The van der Waals surface area contributed by atoms with E-state index < -0.39 is 5.97 Å². The Bertz CT molecular complexity index is 1460. The Balaban J connectivity index is 1.80. The summed E-state index contributed by atoms with van der Waals surface area (Å²) in [6, 6.07) is 15.9. The Kier molecular flexibility index (Phi) is 4.47. The Morgan fingerprint density at radius 3 is 2.61 bits per heavy atom. The van der Waals surface area contributed by atoms with E-state index in [1.165, 1.54) is 5.56 Å². The molecule has 5 aromatic rings. The molecule has 1 N–H and O–H groups in total. The summed E-state index contributed by atoms with van der Waals surface area (Å²) in [5.41, 5.74) is 4.85. The molecule has 31 heavy (non-hydrogen) atoms. The van der Waals surface area contributed by atoms with Crippen LogP contribution in [0.3, 0.4) is 0 Å². The van der Waals surface area contributed by atoms with Gasteiger partial charge < -0.3 is 10.1 Å². The molecule has 0 aliphatic carbocycles. The molecule has 0 atom stereocenters. The highest BCUT2D eigenvalue weighted by atomic mass is 16.5. The number of para-hydroxylation sites is 1. The van der Waals surface area contributed by atoms with Gasteiger partial charge in [0, 0.05) is 11.1 Å². The van der Waals surface area contributed by atoms with Gasteiger partial charge in [0.2, 0.25) is 0 Å². The monoisotopic (exact) mass is 412 g/mol. The second-order valence-electron chi connectivity index (χ2n) is 7.28. The van der Waals surface area contributed by atoms with Crippen molar-refractivity contribution in [3.8, 4) is 0 Å². The van der Waals surface area contributed by atoms with Gasteiger partial charge in [-0.3, -0.25) is 0 Å². The molecule has 5 rings (SSSR count). The molecular formula is C23H20N6O2. The summed E-state index contributed by atoms with van der Waals surface area (Å²) >= 11 is 0. The van der Waals surface area contributed by atoms with Gasteiger partial charge in [-0.25, -0.2) is 14.3 Å². The van der Waals surface area contributed by atoms with Gasteiger partial charge >= 0.3 is 5.97 Å². The molecular weight excluding hydrogens is 392 g/mol.